The normalized spacial score (nSPS) is 12.8. The zero-order valence-corrected chi connectivity index (χ0v) is 9.61. The summed E-state index contributed by atoms with van der Waals surface area (Å²) in [6.45, 7) is 0.196. The minimum absolute atomic E-state index is 0.196. The van der Waals surface area contributed by atoms with Crippen LogP contribution in [0.5, 0.6) is 5.75 Å². The number of aromatic hydroxyl groups is 1. The van der Waals surface area contributed by atoms with Crippen LogP contribution in [-0.4, -0.2) is 18.8 Å². The lowest BCUT2D eigenvalue weighted by molar-refractivity contribution is 0.114. The molecule has 1 rings (SSSR count). The summed E-state index contributed by atoms with van der Waals surface area (Å²) in [5.41, 5.74) is 4.87. The van der Waals surface area contributed by atoms with Gasteiger partial charge in [-0.25, -0.2) is 8.42 Å². The van der Waals surface area contributed by atoms with Crippen molar-refractivity contribution < 1.29 is 22.3 Å². The summed E-state index contributed by atoms with van der Waals surface area (Å²) in [5, 5.41) is 4.80. The van der Waals surface area contributed by atoms with Gasteiger partial charge in [0.1, 0.15) is 4.90 Å². The third kappa shape index (κ3) is 1.92. The van der Waals surface area contributed by atoms with Crippen LogP contribution in [-0.2, 0) is 9.84 Å². The molecule has 0 bridgehead atoms. The quantitative estimate of drug-likeness (QED) is 0.637. The van der Waals surface area contributed by atoms with Crippen molar-refractivity contribution in [2.24, 2.45) is 0 Å². The van der Waals surface area contributed by atoms with Crippen LogP contribution in [0.4, 0.5) is 14.5 Å². The second kappa shape index (κ2) is 3.74. The number of rotatable bonds is 2. The molecule has 0 atom stereocenters. The third-order valence-corrected chi connectivity index (χ3v) is 4.18. The number of phenolic OH excluding ortho intramolecular Hbond substituents is 1. The zero-order valence-electron chi connectivity index (χ0n) is 8.04. The molecule has 8 heteroatoms. The van der Waals surface area contributed by atoms with E-state index in [-0.39, 0.29) is 12.6 Å². The van der Waals surface area contributed by atoms with Crippen LogP contribution in [0, 0.1) is 0 Å². The van der Waals surface area contributed by atoms with Crippen molar-refractivity contribution in [3.8, 4) is 5.75 Å². The summed E-state index contributed by atoms with van der Waals surface area (Å²) in [6.07, 6.45) is 0. The molecule has 0 radical (unpaired) electrons. The van der Waals surface area contributed by atoms with Crippen LogP contribution in [0.2, 0.25) is 5.02 Å². The van der Waals surface area contributed by atoms with E-state index in [1.807, 2.05) is 0 Å². The van der Waals surface area contributed by atoms with Crippen molar-refractivity contribution in [1.29, 1.82) is 0 Å². The number of phenols is 1. The van der Waals surface area contributed by atoms with Gasteiger partial charge in [0, 0.05) is 6.92 Å². The topological polar surface area (TPSA) is 80.4 Å². The van der Waals surface area contributed by atoms with Crippen LogP contribution in [0.25, 0.3) is 0 Å². The summed E-state index contributed by atoms with van der Waals surface area (Å²) in [4.78, 5) is -1.05. The fourth-order valence-electron chi connectivity index (χ4n) is 0.997. The molecule has 0 unspecified atom stereocenters. The lowest BCUT2D eigenvalue weighted by Gasteiger charge is -2.14. The molecule has 90 valence electrons. The van der Waals surface area contributed by atoms with Crippen molar-refractivity contribution in [3.05, 3.63) is 17.2 Å². The monoisotopic (exact) mass is 271 g/mol. The van der Waals surface area contributed by atoms with Gasteiger partial charge in [0.25, 0.3) is 0 Å². The Balaban J connectivity index is 3.64. The van der Waals surface area contributed by atoms with Gasteiger partial charge in [-0.15, -0.1) is 0 Å². The largest absolute Gasteiger partial charge is 0.504 e. The average molecular weight is 272 g/mol. The highest BCUT2D eigenvalue weighted by atomic mass is 35.5. The van der Waals surface area contributed by atoms with Gasteiger partial charge in [0.05, 0.1) is 10.7 Å². The molecule has 1 aromatic carbocycles. The molecular formula is C8H8ClF2NO3S. The van der Waals surface area contributed by atoms with Gasteiger partial charge >= 0.3 is 5.25 Å². The summed E-state index contributed by atoms with van der Waals surface area (Å²) in [5.74, 6) is -0.964. The molecule has 1 aromatic rings. The lowest BCUT2D eigenvalue weighted by Crippen LogP contribution is -2.25. The van der Waals surface area contributed by atoms with Crippen LogP contribution >= 0.6 is 11.6 Å². The maximum atomic E-state index is 12.9. The van der Waals surface area contributed by atoms with Gasteiger partial charge in [-0.1, -0.05) is 11.6 Å². The number of anilines is 1. The average Bonchev–Trinajstić information content (AvgIpc) is 2.10. The third-order valence-electron chi connectivity index (χ3n) is 1.86. The van der Waals surface area contributed by atoms with Crippen molar-refractivity contribution in [3.63, 3.8) is 0 Å². The maximum Gasteiger partial charge on any atom is 0.347 e. The zero-order chi connectivity index (χ0) is 12.7. The smallest absolute Gasteiger partial charge is 0.347 e. The first kappa shape index (κ1) is 13.0. The van der Waals surface area contributed by atoms with E-state index in [2.05, 4.69) is 0 Å². The fraction of sp³-hybridized carbons (Fsp3) is 0.250. The highest BCUT2D eigenvalue weighted by molar-refractivity contribution is 7.92. The van der Waals surface area contributed by atoms with Gasteiger partial charge in [-0.3, -0.25) is 0 Å². The van der Waals surface area contributed by atoms with Gasteiger partial charge in [-0.2, -0.15) is 8.78 Å². The fourth-order valence-corrected chi connectivity index (χ4v) is 2.51. The number of hydrogen-bond acceptors (Lipinski definition) is 4. The molecule has 0 aromatic heterocycles. The van der Waals surface area contributed by atoms with Gasteiger partial charge in [0.15, 0.2) is 5.75 Å². The Morgan fingerprint density at radius 1 is 1.44 bits per heavy atom. The summed E-state index contributed by atoms with van der Waals surface area (Å²) < 4.78 is 48.6. The molecule has 0 saturated heterocycles. The summed E-state index contributed by atoms with van der Waals surface area (Å²) in [7, 11) is -5.06. The molecular weight excluding hydrogens is 264 g/mol. The molecule has 0 heterocycles. The van der Waals surface area contributed by atoms with Crippen LogP contribution < -0.4 is 5.73 Å². The number of hydrogen-bond donors (Lipinski definition) is 2. The molecule has 0 amide bonds. The van der Waals surface area contributed by atoms with E-state index in [4.69, 9.17) is 17.3 Å². The second-order valence-electron chi connectivity index (χ2n) is 3.13. The second-order valence-corrected chi connectivity index (χ2v) is 5.66. The first-order valence-corrected chi connectivity index (χ1v) is 5.84. The van der Waals surface area contributed by atoms with Gasteiger partial charge in [-0.05, 0) is 12.1 Å². The highest BCUT2D eigenvalue weighted by Crippen LogP contribution is 2.40. The van der Waals surface area contributed by atoms with Crippen molar-refractivity contribution in [1.82, 2.24) is 0 Å². The number of alkyl halides is 2. The molecule has 0 aliphatic rings. The lowest BCUT2D eigenvalue weighted by atomic mass is 10.3. The van der Waals surface area contributed by atoms with E-state index < -0.39 is 30.8 Å². The van der Waals surface area contributed by atoms with E-state index in [0.29, 0.717) is 0 Å². The first-order valence-electron chi connectivity index (χ1n) is 3.98. The minimum Gasteiger partial charge on any atom is -0.504 e. The van der Waals surface area contributed by atoms with E-state index >= 15 is 0 Å². The van der Waals surface area contributed by atoms with E-state index in [0.717, 1.165) is 12.1 Å². The van der Waals surface area contributed by atoms with Crippen LogP contribution in [0.1, 0.15) is 6.92 Å². The molecule has 16 heavy (non-hydrogen) atoms. The number of sulfone groups is 1. The molecule has 0 aliphatic carbocycles. The predicted molar refractivity (Wildman–Crippen MR) is 55.3 cm³/mol. The van der Waals surface area contributed by atoms with Crippen LogP contribution in [0.15, 0.2) is 17.0 Å². The Morgan fingerprint density at radius 2 is 1.94 bits per heavy atom. The Hall–Kier alpha value is -1.08. The highest BCUT2D eigenvalue weighted by Gasteiger charge is 2.44. The Kier molecular flexibility index (Phi) is 3.04. The predicted octanol–water partition coefficient (Wildman–Crippen LogP) is 2.01. The minimum atomic E-state index is -5.06. The van der Waals surface area contributed by atoms with Crippen molar-refractivity contribution >= 4 is 27.1 Å². The SMILES string of the molecule is CC(F)(F)S(=O)(=O)c1c(Cl)ccc(N)c1O. The Morgan fingerprint density at radius 3 is 2.38 bits per heavy atom. The van der Waals surface area contributed by atoms with E-state index in [9.17, 15) is 22.3 Å². The van der Waals surface area contributed by atoms with Gasteiger partial charge < -0.3 is 10.8 Å². The standard InChI is InChI=1S/C8H8ClF2NO3S/c1-8(10,11)16(14,15)7-4(9)2-3-5(12)6(7)13/h2-3,13H,12H2,1H3. The molecule has 0 spiro atoms. The maximum absolute atomic E-state index is 12.9. The molecule has 4 nitrogen and oxygen atoms in total. The van der Waals surface area contributed by atoms with Crippen LogP contribution in [0.3, 0.4) is 0 Å². The molecule has 0 saturated carbocycles. The Bertz CT molecular complexity index is 525. The summed E-state index contributed by atoms with van der Waals surface area (Å²) in [6, 6.07) is 2.14. The van der Waals surface area contributed by atoms with Crippen molar-refractivity contribution in [2.45, 2.75) is 17.1 Å². The first-order chi connectivity index (χ1) is 7.09. The molecule has 0 fully saturated rings. The number of nitrogens with two attached hydrogens (primary N) is 1. The van der Waals surface area contributed by atoms with Crippen molar-refractivity contribution in [2.75, 3.05) is 5.73 Å². The number of halogens is 3. The van der Waals surface area contributed by atoms with E-state index in [1.54, 1.807) is 0 Å². The number of nitrogen functional groups attached to an aromatic ring is 1. The van der Waals surface area contributed by atoms with Gasteiger partial charge in [0.2, 0.25) is 9.84 Å². The molecule has 3 N–H and O–H groups in total. The summed E-state index contributed by atoms with van der Waals surface area (Å²) >= 11 is 5.46. The molecule has 0 aliphatic heterocycles. The Labute approximate surface area is 95.6 Å². The van der Waals surface area contributed by atoms with E-state index in [1.165, 1.54) is 0 Å². The number of benzene rings is 1.